The number of H-pyrrole nitrogens is 2. The molecule has 3 aromatic carbocycles. The normalized spacial score (nSPS) is 17.2. The summed E-state index contributed by atoms with van der Waals surface area (Å²) in [5.41, 5.74) is 6.60. The number of aliphatic hydroxyl groups is 1. The summed E-state index contributed by atoms with van der Waals surface area (Å²) in [5, 5.41) is 15.9. The second-order valence-corrected chi connectivity index (χ2v) is 11.5. The van der Waals surface area contributed by atoms with Crippen LogP contribution in [-0.2, 0) is 11.3 Å². The Labute approximate surface area is 247 Å². The number of benzene rings is 3. The number of ether oxygens (including phenoxy) is 1. The Morgan fingerprint density at radius 1 is 0.929 bits per heavy atom. The Balaban J connectivity index is 1.11. The number of hydrogen-bond donors (Lipinski definition) is 4. The van der Waals surface area contributed by atoms with Crippen LogP contribution in [0.15, 0.2) is 73.1 Å². The Hall–Kier alpha value is -3.82. The number of rotatable bonds is 11. The smallest absolute Gasteiger partial charge is 0.175 e. The van der Waals surface area contributed by atoms with E-state index in [0.717, 1.165) is 53.5 Å². The first kappa shape index (κ1) is 28.3. The summed E-state index contributed by atoms with van der Waals surface area (Å²) >= 11 is 0. The van der Waals surface area contributed by atoms with Crippen molar-refractivity contribution in [2.45, 2.75) is 51.5 Å². The van der Waals surface area contributed by atoms with Crippen LogP contribution in [0.25, 0.3) is 44.4 Å². The lowest BCUT2D eigenvalue weighted by molar-refractivity contribution is -0.186. The summed E-state index contributed by atoms with van der Waals surface area (Å²) in [6.07, 6.45) is 7.06. The molecule has 1 fully saturated rings. The lowest BCUT2D eigenvalue weighted by Crippen LogP contribution is -2.40. The topological polar surface area (TPSA) is 102 Å². The maximum absolute atomic E-state index is 10.3. The molecule has 42 heavy (non-hydrogen) atoms. The van der Waals surface area contributed by atoms with Crippen LogP contribution in [0.1, 0.15) is 50.8 Å². The molecule has 8 nitrogen and oxygen atoms in total. The molecule has 0 bridgehead atoms. The fraction of sp³-hybridized carbons (Fsp3) is 0.353. The number of hydrogen-bond acceptors (Lipinski definition) is 6. The van der Waals surface area contributed by atoms with Crippen molar-refractivity contribution in [3.63, 3.8) is 0 Å². The molecule has 0 aliphatic carbocycles. The minimum absolute atomic E-state index is 0.327. The summed E-state index contributed by atoms with van der Waals surface area (Å²) in [4.78, 5) is 18.5. The standard InChI is InChI=1S/C34H40N6O2/c1-4-16-42-34(2,41)22-35-21-32-36-19-29(38-32)24-9-7-23(8-10-24)25-11-12-27-18-28(14-13-26(27)17-25)30-20-37-33(39-30)31-6-5-15-40(31)3/h7-14,17-20,31,35,41H,4-6,15-16,21-22H2,1-3H3,(H,36,38)(H,37,39)/t31-,34?/m0/s1. The average Bonchev–Trinajstić information content (AvgIpc) is 3.77. The molecular weight excluding hydrogens is 524 g/mol. The van der Waals surface area contributed by atoms with Gasteiger partial charge < -0.3 is 25.1 Å². The molecule has 0 radical (unpaired) electrons. The summed E-state index contributed by atoms with van der Waals surface area (Å²) in [5.74, 6) is 0.683. The van der Waals surface area contributed by atoms with Gasteiger partial charge in [0.25, 0.3) is 0 Å². The third kappa shape index (κ3) is 6.32. The molecule has 2 atom stereocenters. The van der Waals surface area contributed by atoms with Gasteiger partial charge in [0, 0.05) is 18.7 Å². The molecule has 2 aromatic heterocycles. The zero-order valence-electron chi connectivity index (χ0n) is 24.7. The first-order valence-corrected chi connectivity index (χ1v) is 14.9. The van der Waals surface area contributed by atoms with E-state index in [4.69, 9.17) is 9.72 Å². The third-order valence-corrected chi connectivity index (χ3v) is 8.10. The Morgan fingerprint density at radius 3 is 2.33 bits per heavy atom. The monoisotopic (exact) mass is 564 g/mol. The van der Waals surface area contributed by atoms with Gasteiger partial charge in [-0.25, -0.2) is 9.97 Å². The number of nitrogens with zero attached hydrogens (tertiary/aromatic N) is 3. The van der Waals surface area contributed by atoms with E-state index in [1.54, 1.807) is 6.92 Å². The second kappa shape index (κ2) is 12.2. The van der Waals surface area contributed by atoms with E-state index < -0.39 is 5.79 Å². The van der Waals surface area contributed by atoms with Crippen LogP contribution in [0.4, 0.5) is 0 Å². The van der Waals surface area contributed by atoms with Gasteiger partial charge in [-0.15, -0.1) is 0 Å². The van der Waals surface area contributed by atoms with E-state index in [9.17, 15) is 5.11 Å². The molecule has 1 aliphatic heterocycles. The van der Waals surface area contributed by atoms with Gasteiger partial charge in [0.1, 0.15) is 11.6 Å². The molecule has 5 aromatic rings. The third-order valence-electron chi connectivity index (χ3n) is 8.10. The molecule has 4 N–H and O–H groups in total. The van der Waals surface area contributed by atoms with E-state index >= 15 is 0 Å². The summed E-state index contributed by atoms with van der Waals surface area (Å²) < 4.78 is 5.46. The number of likely N-dealkylation sites (tertiary alicyclic amines) is 1. The largest absolute Gasteiger partial charge is 0.365 e. The first-order chi connectivity index (χ1) is 20.4. The van der Waals surface area contributed by atoms with E-state index in [-0.39, 0.29) is 0 Å². The predicted molar refractivity (Wildman–Crippen MR) is 168 cm³/mol. The molecule has 8 heteroatoms. The van der Waals surface area contributed by atoms with Crippen molar-refractivity contribution in [3.8, 4) is 33.6 Å². The van der Waals surface area contributed by atoms with E-state index in [1.807, 2.05) is 19.3 Å². The second-order valence-electron chi connectivity index (χ2n) is 11.5. The van der Waals surface area contributed by atoms with Crippen LogP contribution < -0.4 is 5.32 Å². The van der Waals surface area contributed by atoms with Gasteiger partial charge in [0.2, 0.25) is 0 Å². The highest BCUT2D eigenvalue weighted by Gasteiger charge is 2.25. The molecule has 6 rings (SSSR count). The summed E-state index contributed by atoms with van der Waals surface area (Å²) in [6.45, 7) is 6.19. The molecular formula is C34H40N6O2. The van der Waals surface area contributed by atoms with Gasteiger partial charge >= 0.3 is 0 Å². The maximum atomic E-state index is 10.3. The van der Waals surface area contributed by atoms with Gasteiger partial charge in [-0.3, -0.25) is 4.90 Å². The number of fused-ring (bicyclic) bond motifs is 1. The van der Waals surface area contributed by atoms with Crippen LogP contribution in [0.2, 0.25) is 0 Å². The minimum atomic E-state index is -1.19. The lowest BCUT2D eigenvalue weighted by Gasteiger charge is -2.23. The zero-order valence-corrected chi connectivity index (χ0v) is 24.7. The Kier molecular flexibility index (Phi) is 8.22. The van der Waals surface area contributed by atoms with Crippen molar-refractivity contribution in [3.05, 3.63) is 84.7 Å². The van der Waals surface area contributed by atoms with Crippen molar-refractivity contribution in [1.29, 1.82) is 0 Å². The highest BCUT2D eigenvalue weighted by atomic mass is 16.6. The van der Waals surface area contributed by atoms with Gasteiger partial charge in [0.05, 0.1) is 36.4 Å². The highest BCUT2D eigenvalue weighted by molar-refractivity contribution is 5.90. The molecule has 0 saturated carbocycles. The minimum Gasteiger partial charge on any atom is -0.365 e. The van der Waals surface area contributed by atoms with Gasteiger partial charge in [0.15, 0.2) is 5.79 Å². The maximum Gasteiger partial charge on any atom is 0.175 e. The molecule has 3 heterocycles. The molecule has 0 spiro atoms. The SMILES string of the molecule is CCCOC(C)(O)CNCc1ncc(-c2ccc(-c3ccc4cc(-c5cnc([C@@H]6CCCN6C)[nH]5)ccc4c3)cc2)[nH]1. The lowest BCUT2D eigenvalue weighted by atomic mass is 9.98. The zero-order chi connectivity index (χ0) is 29.1. The predicted octanol–water partition coefficient (Wildman–Crippen LogP) is 6.28. The fourth-order valence-electron chi connectivity index (χ4n) is 5.73. The summed E-state index contributed by atoms with van der Waals surface area (Å²) in [6, 6.07) is 22.2. The first-order valence-electron chi connectivity index (χ1n) is 14.9. The van der Waals surface area contributed by atoms with Crippen molar-refractivity contribution >= 4 is 10.8 Å². The van der Waals surface area contributed by atoms with Crippen molar-refractivity contribution in [2.24, 2.45) is 0 Å². The van der Waals surface area contributed by atoms with Gasteiger partial charge in [-0.2, -0.15) is 0 Å². The number of imidazole rings is 2. The summed E-state index contributed by atoms with van der Waals surface area (Å²) in [7, 11) is 2.17. The fourth-order valence-corrected chi connectivity index (χ4v) is 5.73. The van der Waals surface area contributed by atoms with Crippen molar-refractivity contribution < 1.29 is 9.84 Å². The van der Waals surface area contributed by atoms with Crippen molar-refractivity contribution in [2.75, 3.05) is 26.7 Å². The average molecular weight is 565 g/mol. The number of nitrogens with one attached hydrogen (secondary N) is 3. The number of aromatic nitrogens is 4. The number of aromatic amines is 2. The molecule has 218 valence electrons. The molecule has 1 saturated heterocycles. The van der Waals surface area contributed by atoms with Crippen LogP contribution >= 0.6 is 0 Å². The van der Waals surface area contributed by atoms with E-state index in [0.29, 0.717) is 25.7 Å². The Bertz CT molecular complexity index is 1640. The van der Waals surface area contributed by atoms with E-state index in [1.165, 1.54) is 28.3 Å². The Morgan fingerprint density at radius 2 is 1.60 bits per heavy atom. The van der Waals surface area contributed by atoms with E-state index in [2.05, 4.69) is 92.9 Å². The molecule has 0 amide bonds. The van der Waals surface area contributed by atoms with Crippen molar-refractivity contribution in [1.82, 2.24) is 30.2 Å². The van der Waals surface area contributed by atoms with Crippen LogP contribution in [-0.4, -0.2) is 62.5 Å². The molecule has 1 unspecified atom stereocenters. The van der Waals surface area contributed by atoms with Crippen LogP contribution in [0, 0.1) is 0 Å². The highest BCUT2D eigenvalue weighted by Crippen LogP contribution is 2.32. The van der Waals surface area contributed by atoms with Gasteiger partial charge in [-0.05, 0) is 79.4 Å². The van der Waals surface area contributed by atoms with Crippen LogP contribution in [0.3, 0.4) is 0 Å². The van der Waals surface area contributed by atoms with Gasteiger partial charge in [-0.1, -0.05) is 55.5 Å². The quantitative estimate of drug-likeness (QED) is 0.141. The molecule has 1 aliphatic rings. The van der Waals surface area contributed by atoms with Crippen LogP contribution in [0.5, 0.6) is 0 Å².